The zero-order chi connectivity index (χ0) is 26.2. The molecule has 0 unspecified atom stereocenters. The van der Waals surface area contributed by atoms with Crippen LogP contribution >= 0.6 is 22.9 Å². The molecule has 2 aromatic heterocycles. The van der Waals surface area contributed by atoms with Crippen LogP contribution in [0.4, 0.5) is 5.82 Å². The number of piperazine rings is 1. The quantitative estimate of drug-likeness (QED) is 0.496. The molecule has 3 aromatic rings. The molecule has 1 atom stereocenters. The number of aromatic nitrogens is 1. The number of fused-ring (bicyclic) bond motifs is 1. The van der Waals surface area contributed by atoms with Crippen LogP contribution in [0.5, 0.6) is 0 Å². The zero-order valence-electron chi connectivity index (χ0n) is 20.4. The van der Waals surface area contributed by atoms with E-state index in [-0.39, 0.29) is 22.6 Å². The molecule has 4 heterocycles. The number of anilines is 1. The first-order valence-electron chi connectivity index (χ1n) is 12.1. The number of nitrogens with zero attached hydrogens (tertiary/aromatic N) is 4. The molecule has 37 heavy (non-hydrogen) atoms. The van der Waals surface area contributed by atoms with Gasteiger partial charge in [0.1, 0.15) is 15.6 Å². The molecule has 1 aromatic carbocycles. The van der Waals surface area contributed by atoms with Crippen LogP contribution in [0.25, 0.3) is 10.1 Å². The van der Waals surface area contributed by atoms with Crippen molar-refractivity contribution in [2.24, 2.45) is 0 Å². The molecule has 2 amide bonds. The first-order chi connectivity index (χ1) is 17.6. The van der Waals surface area contributed by atoms with Crippen LogP contribution in [0, 0.1) is 0 Å². The number of nitrogens with one attached hydrogen (secondary N) is 1. The lowest BCUT2D eigenvalue weighted by molar-refractivity contribution is -0.146. The molecule has 0 aliphatic carbocycles. The number of benzene rings is 1. The lowest BCUT2D eigenvalue weighted by Crippen LogP contribution is -2.62. The normalized spacial score (nSPS) is 21.0. The number of hydrogen-bond acceptors (Lipinski definition) is 7. The minimum absolute atomic E-state index is 0.0683. The lowest BCUT2D eigenvalue weighted by Gasteiger charge is -2.41. The average molecular weight is 562 g/mol. The standard InChI is InChI=1S/C25H28ClN5O4S2/c1-25(28-37(34,35)23-15-18-6-7-19(26)16-20(18)36-23)8-4-10-31(24(25)33)17-22(32)30-13-11-29(12-14-30)21-5-2-3-9-27-21/h2-3,5-7,9,15-16,28H,4,8,10-14,17H2,1H3/t25-/m0/s1. The average Bonchev–Trinajstić information content (AvgIpc) is 3.32. The summed E-state index contributed by atoms with van der Waals surface area (Å²) in [4.78, 5) is 36.2. The largest absolute Gasteiger partial charge is 0.353 e. The number of rotatable bonds is 6. The molecule has 196 valence electrons. The molecular weight excluding hydrogens is 534 g/mol. The van der Waals surface area contributed by atoms with Crippen molar-refractivity contribution in [2.45, 2.75) is 29.5 Å². The minimum atomic E-state index is -3.96. The predicted octanol–water partition coefficient (Wildman–Crippen LogP) is 2.96. The van der Waals surface area contributed by atoms with Gasteiger partial charge >= 0.3 is 0 Å². The fraction of sp³-hybridized carbons (Fsp3) is 0.400. The molecule has 2 aliphatic rings. The number of piperidine rings is 1. The first-order valence-corrected chi connectivity index (χ1v) is 14.8. The van der Waals surface area contributed by atoms with E-state index in [2.05, 4.69) is 14.6 Å². The highest BCUT2D eigenvalue weighted by Crippen LogP contribution is 2.33. The van der Waals surface area contributed by atoms with Gasteiger partial charge in [0.2, 0.25) is 11.8 Å². The van der Waals surface area contributed by atoms with E-state index in [0.717, 1.165) is 27.2 Å². The number of carbonyl (C=O) groups excluding carboxylic acids is 2. The Balaban J connectivity index is 1.23. The molecule has 0 bridgehead atoms. The second kappa shape index (κ2) is 10.2. The SMILES string of the molecule is C[C@]1(NS(=O)(=O)c2cc3ccc(Cl)cc3s2)CCCN(CC(=O)N2CCN(c3ccccn3)CC2)C1=O. The molecule has 0 radical (unpaired) electrons. The molecule has 1 N–H and O–H groups in total. The molecular formula is C25H28ClN5O4S2. The fourth-order valence-electron chi connectivity index (χ4n) is 4.88. The highest BCUT2D eigenvalue weighted by Gasteiger charge is 2.44. The smallest absolute Gasteiger partial charge is 0.251 e. The number of carbonyl (C=O) groups is 2. The van der Waals surface area contributed by atoms with E-state index >= 15 is 0 Å². The van der Waals surface area contributed by atoms with E-state index in [1.807, 2.05) is 18.2 Å². The van der Waals surface area contributed by atoms with Gasteiger partial charge in [0.25, 0.3) is 10.0 Å². The molecule has 9 nitrogen and oxygen atoms in total. The second-order valence-electron chi connectivity index (χ2n) is 9.57. The van der Waals surface area contributed by atoms with Crippen LogP contribution in [0.1, 0.15) is 19.8 Å². The van der Waals surface area contributed by atoms with Crippen molar-refractivity contribution in [2.75, 3.05) is 44.2 Å². The number of thiophene rings is 1. The zero-order valence-corrected chi connectivity index (χ0v) is 22.8. The van der Waals surface area contributed by atoms with Crippen LogP contribution in [0.3, 0.4) is 0 Å². The Morgan fingerprint density at radius 3 is 2.65 bits per heavy atom. The maximum Gasteiger partial charge on any atom is 0.251 e. The van der Waals surface area contributed by atoms with Gasteiger partial charge in [-0.05, 0) is 55.5 Å². The van der Waals surface area contributed by atoms with Crippen molar-refractivity contribution in [3.63, 3.8) is 0 Å². The van der Waals surface area contributed by atoms with E-state index in [4.69, 9.17) is 11.6 Å². The predicted molar refractivity (Wildman–Crippen MR) is 144 cm³/mol. The number of halogens is 1. The van der Waals surface area contributed by atoms with Gasteiger partial charge in [-0.15, -0.1) is 11.3 Å². The van der Waals surface area contributed by atoms with Gasteiger partial charge < -0.3 is 14.7 Å². The number of hydrogen-bond donors (Lipinski definition) is 1. The van der Waals surface area contributed by atoms with Crippen molar-refractivity contribution in [1.29, 1.82) is 0 Å². The van der Waals surface area contributed by atoms with Gasteiger partial charge in [-0.2, -0.15) is 4.72 Å². The second-order valence-corrected chi connectivity index (χ2v) is 13.0. The fourth-order valence-corrected chi connectivity index (χ4v) is 7.94. The van der Waals surface area contributed by atoms with Crippen molar-refractivity contribution >= 4 is 60.7 Å². The van der Waals surface area contributed by atoms with E-state index in [1.54, 1.807) is 42.3 Å². The minimum Gasteiger partial charge on any atom is -0.353 e. The van der Waals surface area contributed by atoms with Crippen LogP contribution in [0.2, 0.25) is 5.02 Å². The molecule has 0 spiro atoms. The summed E-state index contributed by atoms with van der Waals surface area (Å²) in [5.41, 5.74) is -1.33. The van der Waals surface area contributed by atoms with Crippen LogP contribution in [0.15, 0.2) is 52.9 Å². The van der Waals surface area contributed by atoms with Gasteiger partial charge in [0, 0.05) is 48.6 Å². The third kappa shape index (κ3) is 5.45. The summed E-state index contributed by atoms with van der Waals surface area (Å²) in [5, 5.41) is 1.30. The summed E-state index contributed by atoms with van der Waals surface area (Å²) in [7, 11) is -3.96. The maximum atomic E-state index is 13.4. The first kappa shape index (κ1) is 25.9. The highest BCUT2D eigenvalue weighted by molar-refractivity contribution is 7.91. The Morgan fingerprint density at radius 1 is 1.14 bits per heavy atom. The number of pyridine rings is 1. The van der Waals surface area contributed by atoms with E-state index in [1.165, 1.54) is 4.90 Å². The maximum absolute atomic E-state index is 13.4. The molecule has 5 rings (SSSR count). The van der Waals surface area contributed by atoms with Gasteiger partial charge in [-0.3, -0.25) is 9.59 Å². The van der Waals surface area contributed by atoms with Crippen molar-refractivity contribution < 1.29 is 18.0 Å². The Bertz CT molecular complexity index is 1420. The van der Waals surface area contributed by atoms with E-state index < -0.39 is 15.6 Å². The topological polar surface area (TPSA) is 103 Å². The molecule has 0 saturated carbocycles. The van der Waals surface area contributed by atoms with Crippen molar-refractivity contribution in [3.8, 4) is 0 Å². The van der Waals surface area contributed by atoms with Crippen LogP contribution in [-0.4, -0.2) is 79.8 Å². The highest BCUT2D eigenvalue weighted by atomic mass is 35.5. The van der Waals surface area contributed by atoms with Gasteiger partial charge in [-0.1, -0.05) is 23.7 Å². The summed E-state index contributed by atoms with van der Waals surface area (Å²) < 4.78 is 30.0. The molecule has 2 saturated heterocycles. The summed E-state index contributed by atoms with van der Waals surface area (Å²) in [6, 6.07) is 12.5. The number of likely N-dealkylation sites (tertiary alicyclic amines) is 1. The molecule has 2 fully saturated rings. The summed E-state index contributed by atoms with van der Waals surface area (Å²) in [6.45, 7) is 4.34. The Kier molecular flexibility index (Phi) is 7.14. The lowest BCUT2D eigenvalue weighted by atomic mass is 9.91. The Morgan fingerprint density at radius 2 is 1.92 bits per heavy atom. The van der Waals surface area contributed by atoms with Gasteiger partial charge in [-0.25, -0.2) is 13.4 Å². The Labute approximate surface area is 225 Å². The summed E-state index contributed by atoms with van der Waals surface area (Å²) >= 11 is 7.15. The van der Waals surface area contributed by atoms with Crippen LogP contribution < -0.4 is 9.62 Å². The third-order valence-electron chi connectivity index (χ3n) is 6.88. The van der Waals surface area contributed by atoms with Gasteiger partial charge in [0.05, 0.1) is 6.54 Å². The summed E-state index contributed by atoms with van der Waals surface area (Å²) in [5.74, 6) is 0.361. The van der Waals surface area contributed by atoms with Gasteiger partial charge in [0.15, 0.2) is 0 Å². The van der Waals surface area contributed by atoms with Crippen molar-refractivity contribution in [3.05, 3.63) is 53.7 Å². The van der Waals surface area contributed by atoms with E-state index in [9.17, 15) is 18.0 Å². The Hall–Kier alpha value is -2.73. The number of sulfonamides is 1. The monoisotopic (exact) mass is 561 g/mol. The summed E-state index contributed by atoms with van der Waals surface area (Å²) in [6.07, 6.45) is 2.69. The molecule has 12 heteroatoms. The van der Waals surface area contributed by atoms with E-state index in [0.29, 0.717) is 50.6 Å². The molecule has 2 aliphatic heterocycles. The van der Waals surface area contributed by atoms with Crippen LogP contribution in [-0.2, 0) is 19.6 Å². The van der Waals surface area contributed by atoms with Crippen molar-refractivity contribution in [1.82, 2.24) is 19.5 Å². The number of amides is 2. The third-order valence-corrected chi connectivity index (χ3v) is 10.3.